The molecule has 1 aromatic rings. The Hall–Kier alpha value is -1.22. The zero-order valence-corrected chi connectivity index (χ0v) is 12.9. The van der Waals surface area contributed by atoms with E-state index >= 15 is 0 Å². The van der Waals surface area contributed by atoms with Crippen LogP contribution in [0.15, 0.2) is 18.2 Å². The van der Waals surface area contributed by atoms with Crippen LogP contribution in [0.3, 0.4) is 0 Å². The van der Waals surface area contributed by atoms with Crippen LogP contribution >= 0.6 is 0 Å². The zero-order valence-electron chi connectivity index (χ0n) is 12.9. The maximum atomic E-state index is 5.67. The first-order chi connectivity index (χ1) is 8.99. The fraction of sp³-hybridized carbons (Fsp3) is 0.625. The van der Waals surface area contributed by atoms with Gasteiger partial charge in [0.15, 0.2) is 0 Å². The molecule has 1 rings (SSSR count). The van der Waals surface area contributed by atoms with Crippen LogP contribution < -0.4 is 15.4 Å². The van der Waals surface area contributed by atoms with Crippen molar-refractivity contribution < 1.29 is 4.74 Å². The molecule has 1 aromatic carbocycles. The number of benzene rings is 1. The molecule has 19 heavy (non-hydrogen) atoms. The summed E-state index contributed by atoms with van der Waals surface area (Å²) in [7, 11) is 3.84. The van der Waals surface area contributed by atoms with Crippen LogP contribution in [0.5, 0.6) is 5.75 Å². The molecule has 0 spiro atoms. The highest BCUT2D eigenvalue weighted by Crippen LogP contribution is 2.31. The number of nitrogens with zero attached hydrogens (tertiary/aromatic N) is 1. The Labute approximate surface area is 117 Å². The monoisotopic (exact) mass is 264 g/mol. The lowest BCUT2D eigenvalue weighted by Gasteiger charge is -2.24. The van der Waals surface area contributed by atoms with Crippen molar-refractivity contribution in [3.63, 3.8) is 0 Å². The Morgan fingerprint density at radius 3 is 2.47 bits per heavy atom. The van der Waals surface area contributed by atoms with Crippen molar-refractivity contribution in [2.45, 2.75) is 33.1 Å². The predicted molar refractivity (Wildman–Crippen MR) is 83.2 cm³/mol. The van der Waals surface area contributed by atoms with E-state index in [2.05, 4.69) is 50.9 Å². The molecule has 1 unspecified atom stereocenters. The minimum Gasteiger partial charge on any atom is -0.495 e. The number of ether oxygens (including phenoxy) is 1. The Morgan fingerprint density at radius 1 is 1.26 bits per heavy atom. The summed E-state index contributed by atoms with van der Waals surface area (Å²) in [5.41, 5.74) is 8.18. The van der Waals surface area contributed by atoms with E-state index in [1.807, 2.05) is 0 Å². The standard InChI is InChI=1S/C16H28N2O/c1-12(2)14-6-7-16(19-5)15(10-14)18(4)9-8-13(3)11-17/h6-7,10,12-13H,8-9,11,17H2,1-5H3. The third-order valence-corrected chi connectivity index (χ3v) is 3.64. The van der Waals surface area contributed by atoms with Crippen LogP contribution in [0.25, 0.3) is 0 Å². The smallest absolute Gasteiger partial charge is 0.142 e. The van der Waals surface area contributed by atoms with Gasteiger partial charge in [0.1, 0.15) is 5.75 Å². The normalized spacial score (nSPS) is 12.6. The van der Waals surface area contributed by atoms with Crippen molar-refractivity contribution in [1.82, 2.24) is 0 Å². The van der Waals surface area contributed by atoms with Gasteiger partial charge in [0.2, 0.25) is 0 Å². The highest BCUT2D eigenvalue weighted by Gasteiger charge is 2.11. The lowest BCUT2D eigenvalue weighted by molar-refractivity contribution is 0.414. The fourth-order valence-corrected chi connectivity index (χ4v) is 2.02. The molecule has 0 bridgehead atoms. The summed E-state index contributed by atoms with van der Waals surface area (Å²) in [6.45, 7) is 8.35. The maximum absolute atomic E-state index is 5.67. The zero-order chi connectivity index (χ0) is 14.4. The predicted octanol–water partition coefficient (Wildman–Crippen LogP) is 3.24. The summed E-state index contributed by atoms with van der Waals surface area (Å²) < 4.78 is 5.47. The topological polar surface area (TPSA) is 38.5 Å². The maximum Gasteiger partial charge on any atom is 0.142 e. The molecule has 3 nitrogen and oxygen atoms in total. The molecule has 0 saturated heterocycles. The first-order valence-electron chi connectivity index (χ1n) is 7.08. The molecule has 0 heterocycles. The SMILES string of the molecule is COc1ccc(C(C)C)cc1N(C)CCC(C)CN. The van der Waals surface area contributed by atoms with E-state index < -0.39 is 0 Å². The first-order valence-corrected chi connectivity index (χ1v) is 7.08. The van der Waals surface area contributed by atoms with Gasteiger partial charge in [-0.15, -0.1) is 0 Å². The van der Waals surface area contributed by atoms with Crippen LogP contribution in [0, 0.1) is 5.92 Å². The van der Waals surface area contributed by atoms with Crippen LogP contribution in [0.1, 0.15) is 38.7 Å². The summed E-state index contributed by atoms with van der Waals surface area (Å²) in [5.74, 6) is 2.02. The molecule has 0 radical (unpaired) electrons. The highest BCUT2D eigenvalue weighted by molar-refractivity contribution is 5.60. The average molecular weight is 264 g/mol. The van der Waals surface area contributed by atoms with Crippen molar-refractivity contribution in [2.75, 3.05) is 32.1 Å². The Balaban J connectivity index is 2.86. The van der Waals surface area contributed by atoms with Gasteiger partial charge in [0, 0.05) is 13.6 Å². The molecule has 2 N–H and O–H groups in total. The number of hydrogen-bond acceptors (Lipinski definition) is 3. The van der Waals surface area contributed by atoms with Gasteiger partial charge in [0.05, 0.1) is 12.8 Å². The van der Waals surface area contributed by atoms with Crippen LogP contribution in [-0.4, -0.2) is 27.2 Å². The Morgan fingerprint density at radius 2 is 1.95 bits per heavy atom. The van der Waals surface area contributed by atoms with E-state index in [0.29, 0.717) is 11.8 Å². The number of hydrogen-bond donors (Lipinski definition) is 1. The van der Waals surface area contributed by atoms with Crippen molar-refractivity contribution in [3.05, 3.63) is 23.8 Å². The minimum atomic E-state index is 0.529. The largest absolute Gasteiger partial charge is 0.495 e. The van der Waals surface area contributed by atoms with Crippen LogP contribution in [0.4, 0.5) is 5.69 Å². The Kier molecular flexibility index (Phi) is 6.16. The first kappa shape index (κ1) is 15.8. The molecule has 1 atom stereocenters. The number of methoxy groups -OCH3 is 1. The van der Waals surface area contributed by atoms with Crippen LogP contribution in [-0.2, 0) is 0 Å². The second kappa shape index (κ2) is 7.39. The highest BCUT2D eigenvalue weighted by atomic mass is 16.5. The second-order valence-electron chi connectivity index (χ2n) is 5.64. The van der Waals surface area contributed by atoms with E-state index in [1.165, 1.54) is 5.56 Å². The van der Waals surface area contributed by atoms with E-state index in [9.17, 15) is 0 Å². The summed E-state index contributed by atoms with van der Waals surface area (Å²) >= 11 is 0. The van der Waals surface area contributed by atoms with E-state index in [4.69, 9.17) is 10.5 Å². The molecule has 3 heteroatoms. The summed E-state index contributed by atoms with van der Waals surface area (Å²) in [6.07, 6.45) is 1.10. The lowest BCUT2D eigenvalue weighted by Crippen LogP contribution is -2.23. The van der Waals surface area contributed by atoms with Crippen molar-refractivity contribution >= 4 is 5.69 Å². The van der Waals surface area contributed by atoms with Gasteiger partial charge >= 0.3 is 0 Å². The second-order valence-corrected chi connectivity index (χ2v) is 5.64. The summed E-state index contributed by atoms with van der Waals surface area (Å²) in [5, 5.41) is 0. The molecule has 0 aliphatic carbocycles. The average Bonchev–Trinajstić information content (AvgIpc) is 2.43. The van der Waals surface area contributed by atoms with Crippen LogP contribution in [0.2, 0.25) is 0 Å². The summed E-state index contributed by atoms with van der Waals surface area (Å²) in [4.78, 5) is 2.26. The molecular weight excluding hydrogens is 236 g/mol. The minimum absolute atomic E-state index is 0.529. The Bertz CT molecular complexity index is 390. The molecule has 0 saturated carbocycles. The van der Waals surface area contributed by atoms with Gasteiger partial charge in [-0.3, -0.25) is 0 Å². The van der Waals surface area contributed by atoms with Gasteiger partial charge in [-0.1, -0.05) is 26.8 Å². The van der Waals surface area contributed by atoms with Crippen molar-refractivity contribution in [2.24, 2.45) is 11.7 Å². The van der Waals surface area contributed by atoms with Crippen molar-refractivity contribution in [1.29, 1.82) is 0 Å². The lowest BCUT2D eigenvalue weighted by atomic mass is 10.0. The summed E-state index contributed by atoms with van der Waals surface area (Å²) in [6, 6.07) is 6.44. The molecule has 0 amide bonds. The number of nitrogens with two attached hydrogens (primary N) is 1. The molecule has 0 fully saturated rings. The quantitative estimate of drug-likeness (QED) is 0.821. The van der Waals surface area contributed by atoms with E-state index in [1.54, 1.807) is 7.11 Å². The molecule has 0 aromatic heterocycles. The fourth-order valence-electron chi connectivity index (χ4n) is 2.02. The van der Waals surface area contributed by atoms with Gasteiger partial charge in [-0.25, -0.2) is 0 Å². The van der Waals surface area contributed by atoms with Crippen molar-refractivity contribution in [3.8, 4) is 5.75 Å². The molecule has 108 valence electrons. The van der Waals surface area contributed by atoms with Gasteiger partial charge in [-0.05, 0) is 42.5 Å². The molecule has 0 aliphatic rings. The molecule has 0 aliphatic heterocycles. The van der Waals surface area contributed by atoms with E-state index in [0.717, 1.165) is 30.9 Å². The van der Waals surface area contributed by atoms with Gasteiger partial charge in [0.25, 0.3) is 0 Å². The molecular formula is C16H28N2O. The van der Waals surface area contributed by atoms with Gasteiger partial charge in [-0.2, -0.15) is 0 Å². The van der Waals surface area contributed by atoms with E-state index in [-0.39, 0.29) is 0 Å². The third kappa shape index (κ3) is 4.43. The number of anilines is 1. The van der Waals surface area contributed by atoms with Gasteiger partial charge < -0.3 is 15.4 Å². The third-order valence-electron chi connectivity index (χ3n) is 3.64. The number of rotatable bonds is 7.